The molecule has 1 heterocycles. The van der Waals surface area contributed by atoms with Crippen molar-refractivity contribution in [1.29, 1.82) is 0 Å². The molecule has 0 saturated heterocycles. The maximum Gasteiger partial charge on any atom is 0.336 e. The van der Waals surface area contributed by atoms with Crippen LogP contribution in [-0.2, 0) is 12.0 Å². The molecule has 0 aliphatic carbocycles. The highest BCUT2D eigenvalue weighted by atomic mass is 16.5. The average molecular weight is 338 g/mol. The molecule has 0 atom stereocenters. The minimum atomic E-state index is -0.401. The van der Waals surface area contributed by atoms with Gasteiger partial charge in [-0.3, -0.25) is 0 Å². The lowest BCUT2D eigenvalue weighted by Crippen LogP contribution is -2.10. The van der Waals surface area contributed by atoms with Gasteiger partial charge in [0.15, 0.2) is 0 Å². The van der Waals surface area contributed by atoms with Gasteiger partial charge in [-0.2, -0.15) is 0 Å². The van der Waals surface area contributed by atoms with Crippen molar-refractivity contribution < 1.29 is 13.9 Å². The van der Waals surface area contributed by atoms with Crippen LogP contribution in [0.15, 0.2) is 57.7 Å². The molecule has 4 nitrogen and oxygen atoms in total. The van der Waals surface area contributed by atoms with Crippen molar-refractivity contribution in [2.45, 2.75) is 32.8 Å². The molecular weight excluding hydrogens is 316 g/mol. The van der Waals surface area contributed by atoms with Crippen LogP contribution in [0.4, 0.5) is 0 Å². The Balaban J connectivity index is 1.84. The van der Waals surface area contributed by atoms with E-state index in [1.54, 1.807) is 13.2 Å². The highest BCUT2D eigenvalue weighted by molar-refractivity contribution is 5.81. The zero-order chi connectivity index (χ0) is 18.0. The number of hydrogen-bond acceptors (Lipinski definition) is 4. The van der Waals surface area contributed by atoms with E-state index in [0.29, 0.717) is 17.9 Å². The second-order valence-corrected chi connectivity index (χ2v) is 7.02. The summed E-state index contributed by atoms with van der Waals surface area (Å²) in [5, 5.41) is 0.840. The van der Waals surface area contributed by atoms with Crippen molar-refractivity contribution >= 4 is 11.0 Å². The van der Waals surface area contributed by atoms with E-state index in [4.69, 9.17) is 13.9 Å². The molecule has 0 aliphatic rings. The van der Waals surface area contributed by atoms with E-state index in [9.17, 15) is 4.79 Å². The fraction of sp³-hybridized carbons (Fsp3) is 0.286. The minimum Gasteiger partial charge on any atom is -0.497 e. The molecule has 2 aromatic carbocycles. The van der Waals surface area contributed by atoms with Gasteiger partial charge in [-0.05, 0) is 35.2 Å². The summed E-state index contributed by atoms with van der Waals surface area (Å²) in [5.41, 5.74) is 2.23. The lowest BCUT2D eigenvalue weighted by molar-refractivity contribution is 0.306. The first-order chi connectivity index (χ1) is 11.9. The van der Waals surface area contributed by atoms with Crippen molar-refractivity contribution in [2.75, 3.05) is 7.11 Å². The standard InChI is InChI=1S/C21H22O4/c1-21(2,3)15-5-7-16(8-6-15)24-13-14-11-20(22)25-19-12-17(23-4)9-10-18(14)19/h5-12H,13H2,1-4H3. The van der Waals surface area contributed by atoms with E-state index in [2.05, 4.69) is 32.9 Å². The molecule has 130 valence electrons. The molecule has 0 spiro atoms. The molecule has 0 radical (unpaired) electrons. The first-order valence-corrected chi connectivity index (χ1v) is 8.21. The summed E-state index contributed by atoms with van der Waals surface area (Å²) in [7, 11) is 1.58. The van der Waals surface area contributed by atoms with Gasteiger partial charge in [0, 0.05) is 23.1 Å². The second-order valence-electron chi connectivity index (χ2n) is 7.02. The van der Waals surface area contributed by atoms with Gasteiger partial charge < -0.3 is 13.9 Å². The molecule has 3 aromatic rings. The van der Waals surface area contributed by atoms with Crippen LogP contribution in [0.5, 0.6) is 11.5 Å². The number of methoxy groups -OCH3 is 1. The van der Waals surface area contributed by atoms with Gasteiger partial charge in [-0.15, -0.1) is 0 Å². The van der Waals surface area contributed by atoms with Crippen molar-refractivity contribution in [3.8, 4) is 11.5 Å². The predicted molar refractivity (Wildman–Crippen MR) is 98.5 cm³/mol. The lowest BCUT2D eigenvalue weighted by atomic mass is 9.87. The van der Waals surface area contributed by atoms with Crippen LogP contribution in [-0.4, -0.2) is 7.11 Å². The monoisotopic (exact) mass is 338 g/mol. The topological polar surface area (TPSA) is 48.7 Å². The Morgan fingerprint density at radius 1 is 0.960 bits per heavy atom. The molecule has 0 amide bonds. The van der Waals surface area contributed by atoms with Crippen LogP contribution >= 0.6 is 0 Å². The van der Waals surface area contributed by atoms with Crippen molar-refractivity contribution in [3.05, 3.63) is 70.1 Å². The fourth-order valence-electron chi connectivity index (χ4n) is 2.67. The Kier molecular flexibility index (Phi) is 4.53. The minimum absolute atomic E-state index is 0.103. The van der Waals surface area contributed by atoms with Crippen LogP contribution in [0.25, 0.3) is 11.0 Å². The van der Waals surface area contributed by atoms with Gasteiger partial charge in [-0.1, -0.05) is 32.9 Å². The van der Waals surface area contributed by atoms with Crippen LogP contribution in [0.2, 0.25) is 0 Å². The van der Waals surface area contributed by atoms with Gasteiger partial charge in [0.2, 0.25) is 0 Å². The third-order valence-corrected chi connectivity index (χ3v) is 4.15. The Hall–Kier alpha value is -2.75. The zero-order valence-electron chi connectivity index (χ0n) is 15.0. The van der Waals surface area contributed by atoms with Gasteiger partial charge in [0.25, 0.3) is 0 Å². The fourth-order valence-corrected chi connectivity index (χ4v) is 2.67. The molecule has 4 heteroatoms. The zero-order valence-corrected chi connectivity index (χ0v) is 15.0. The summed E-state index contributed by atoms with van der Waals surface area (Å²) in [5.74, 6) is 1.41. The van der Waals surface area contributed by atoms with Gasteiger partial charge in [0.05, 0.1) is 7.11 Å². The van der Waals surface area contributed by atoms with Crippen molar-refractivity contribution in [2.24, 2.45) is 0 Å². The lowest BCUT2D eigenvalue weighted by Gasteiger charge is -2.19. The number of fused-ring (bicyclic) bond motifs is 1. The first kappa shape index (κ1) is 17.1. The van der Waals surface area contributed by atoms with Gasteiger partial charge in [0.1, 0.15) is 23.7 Å². The second kappa shape index (κ2) is 6.63. The normalized spacial score (nSPS) is 11.5. The first-order valence-electron chi connectivity index (χ1n) is 8.21. The number of ether oxygens (including phenoxy) is 2. The third-order valence-electron chi connectivity index (χ3n) is 4.15. The molecule has 0 N–H and O–H groups in total. The number of rotatable bonds is 4. The highest BCUT2D eigenvalue weighted by Crippen LogP contribution is 2.26. The van der Waals surface area contributed by atoms with E-state index in [1.165, 1.54) is 11.6 Å². The van der Waals surface area contributed by atoms with Gasteiger partial charge in [-0.25, -0.2) is 4.79 Å². The Morgan fingerprint density at radius 2 is 1.64 bits per heavy atom. The molecule has 0 aliphatic heterocycles. The van der Waals surface area contributed by atoms with E-state index in [0.717, 1.165) is 16.7 Å². The van der Waals surface area contributed by atoms with E-state index >= 15 is 0 Å². The highest BCUT2D eigenvalue weighted by Gasteiger charge is 2.13. The smallest absolute Gasteiger partial charge is 0.336 e. The third kappa shape index (κ3) is 3.85. The quantitative estimate of drug-likeness (QED) is 0.648. The molecule has 0 fully saturated rings. The van der Waals surface area contributed by atoms with E-state index in [1.807, 2.05) is 24.3 Å². The van der Waals surface area contributed by atoms with Crippen molar-refractivity contribution in [1.82, 2.24) is 0 Å². The average Bonchev–Trinajstić information content (AvgIpc) is 2.58. The van der Waals surface area contributed by atoms with Crippen LogP contribution in [0.1, 0.15) is 31.9 Å². The van der Waals surface area contributed by atoms with E-state index < -0.39 is 5.63 Å². The van der Waals surface area contributed by atoms with Crippen molar-refractivity contribution in [3.63, 3.8) is 0 Å². The molecule has 0 unspecified atom stereocenters. The molecular formula is C21H22O4. The Bertz CT molecular complexity index is 931. The summed E-state index contributed by atoms with van der Waals surface area (Å²) in [6.07, 6.45) is 0. The summed E-state index contributed by atoms with van der Waals surface area (Å²) in [6.45, 7) is 6.81. The SMILES string of the molecule is COc1ccc2c(COc3ccc(C(C)(C)C)cc3)cc(=O)oc2c1. The maximum atomic E-state index is 11.8. The predicted octanol–water partition coefficient (Wildman–Crippen LogP) is 4.68. The Labute approximate surface area is 147 Å². The van der Waals surface area contributed by atoms with Gasteiger partial charge >= 0.3 is 5.63 Å². The number of benzene rings is 2. The van der Waals surface area contributed by atoms with Crippen LogP contribution < -0.4 is 15.1 Å². The van der Waals surface area contributed by atoms with Crippen LogP contribution in [0.3, 0.4) is 0 Å². The molecule has 0 bridgehead atoms. The maximum absolute atomic E-state index is 11.8. The van der Waals surface area contributed by atoms with Crippen LogP contribution in [0, 0.1) is 0 Å². The molecule has 0 saturated carbocycles. The summed E-state index contributed by atoms with van der Waals surface area (Å²) < 4.78 is 16.3. The molecule has 3 rings (SSSR count). The van der Waals surface area contributed by atoms with E-state index in [-0.39, 0.29) is 5.41 Å². The number of hydrogen-bond donors (Lipinski definition) is 0. The largest absolute Gasteiger partial charge is 0.497 e. The Morgan fingerprint density at radius 3 is 2.28 bits per heavy atom. The molecule has 1 aromatic heterocycles. The summed E-state index contributed by atoms with van der Waals surface area (Å²) in [6, 6.07) is 14.9. The summed E-state index contributed by atoms with van der Waals surface area (Å²) >= 11 is 0. The molecule has 25 heavy (non-hydrogen) atoms. The summed E-state index contributed by atoms with van der Waals surface area (Å²) in [4.78, 5) is 11.8.